The molecule has 0 heterocycles. The van der Waals surface area contributed by atoms with Crippen molar-refractivity contribution < 1.29 is 0 Å². The van der Waals surface area contributed by atoms with Crippen molar-refractivity contribution in [1.82, 2.24) is 4.90 Å². The van der Waals surface area contributed by atoms with E-state index >= 15 is 0 Å². The minimum atomic E-state index is 0.824. The summed E-state index contributed by atoms with van der Waals surface area (Å²) >= 11 is 1.97. The van der Waals surface area contributed by atoms with Crippen LogP contribution in [0.15, 0.2) is 35.2 Å². The first kappa shape index (κ1) is 16.3. The molecule has 0 radical (unpaired) electrons. The molecule has 1 aromatic rings. The van der Waals surface area contributed by atoms with Crippen molar-refractivity contribution in [3.05, 3.63) is 35.9 Å². The fourth-order valence-corrected chi connectivity index (χ4v) is 2.63. The summed E-state index contributed by atoms with van der Waals surface area (Å²) < 4.78 is 0. The summed E-state index contributed by atoms with van der Waals surface area (Å²) in [6, 6.07) is 8.87. The Hall–Kier alpha value is -0.730. The summed E-state index contributed by atoms with van der Waals surface area (Å²) in [7, 11) is 4.17. The second kappa shape index (κ2) is 9.22. The molecule has 0 amide bonds. The largest absolute Gasteiger partial charge is 0.306 e. The Labute approximate surface area is 123 Å². The third kappa shape index (κ3) is 8.12. The molecule has 1 rings (SSSR count). The van der Waals surface area contributed by atoms with Gasteiger partial charge in [0.05, 0.1) is 0 Å². The molecule has 0 aromatic heterocycles. The van der Waals surface area contributed by atoms with E-state index in [1.807, 2.05) is 11.8 Å². The molecule has 0 saturated carbocycles. The van der Waals surface area contributed by atoms with E-state index in [2.05, 4.69) is 69.3 Å². The minimum Gasteiger partial charge on any atom is -0.306 e. The van der Waals surface area contributed by atoms with Crippen LogP contribution in [0.2, 0.25) is 0 Å². The summed E-state index contributed by atoms with van der Waals surface area (Å²) in [5.41, 5.74) is 1.29. The Kier molecular flexibility index (Phi) is 7.92. The molecule has 1 nitrogen and oxygen atoms in total. The Morgan fingerprint density at radius 3 is 2.42 bits per heavy atom. The van der Waals surface area contributed by atoms with Crippen LogP contribution in [0, 0.1) is 5.92 Å². The van der Waals surface area contributed by atoms with Gasteiger partial charge in [-0.3, -0.25) is 0 Å². The summed E-state index contributed by atoms with van der Waals surface area (Å²) in [5.74, 6) is 2.05. The molecule has 0 saturated heterocycles. The van der Waals surface area contributed by atoms with Crippen molar-refractivity contribution in [1.29, 1.82) is 0 Å². The Morgan fingerprint density at radius 2 is 1.84 bits per heavy atom. The van der Waals surface area contributed by atoms with Crippen LogP contribution in [0.5, 0.6) is 0 Å². The van der Waals surface area contributed by atoms with Crippen LogP contribution < -0.4 is 0 Å². The van der Waals surface area contributed by atoms with E-state index in [4.69, 9.17) is 0 Å². The monoisotopic (exact) mass is 277 g/mol. The van der Waals surface area contributed by atoms with Gasteiger partial charge in [0.2, 0.25) is 0 Å². The lowest BCUT2D eigenvalue weighted by Crippen LogP contribution is -2.10. The molecule has 0 aliphatic rings. The SMILES string of the molecule is CC(C)CCCSc1ccc(C=CCN(C)C)cc1. The maximum Gasteiger partial charge on any atom is 0.0160 e. The topological polar surface area (TPSA) is 3.24 Å². The lowest BCUT2D eigenvalue weighted by molar-refractivity contribution is 0.457. The van der Waals surface area contributed by atoms with Crippen LogP contribution in [0.1, 0.15) is 32.3 Å². The maximum absolute atomic E-state index is 2.29. The normalized spacial score (nSPS) is 11.9. The van der Waals surface area contributed by atoms with Gasteiger partial charge in [-0.25, -0.2) is 0 Å². The summed E-state index contributed by atoms with van der Waals surface area (Å²) in [5, 5.41) is 0. The highest BCUT2D eigenvalue weighted by Gasteiger charge is 1.97. The molecular weight excluding hydrogens is 250 g/mol. The predicted molar refractivity (Wildman–Crippen MR) is 88.8 cm³/mol. The molecule has 106 valence electrons. The zero-order valence-corrected chi connectivity index (χ0v) is 13.5. The number of rotatable bonds is 8. The quantitative estimate of drug-likeness (QED) is 0.496. The van der Waals surface area contributed by atoms with Crippen LogP contribution in [-0.4, -0.2) is 31.3 Å². The molecule has 1 aromatic carbocycles. The number of benzene rings is 1. The lowest BCUT2D eigenvalue weighted by Gasteiger charge is -2.05. The first-order chi connectivity index (χ1) is 9.08. The number of nitrogens with zero attached hydrogens (tertiary/aromatic N) is 1. The highest BCUT2D eigenvalue weighted by Crippen LogP contribution is 2.21. The van der Waals surface area contributed by atoms with Crippen molar-refractivity contribution in [3.63, 3.8) is 0 Å². The number of hydrogen-bond donors (Lipinski definition) is 0. The molecule has 0 aliphatic heterocycles. The zero-order valence-electron chi connectivity index (χ0n) is 12.7. The molecule has 0 fully saturated rings. The minimum absolute atomic E-state index is 0.824. The van der Waals surface area contributed by atoms with Gasteiger partial charge >= 0.3 is 0 Å². The maximum atomic E-state index is 2.29. The molecule has 0 aliphatic carbocycles. The van der Waals surface area contributed by atoms with Gasteiger partial charge in [-0.2, -0.15) is 0 Å². The third-order valence-corrected chi connectivity index (χ3v) is 3.95. The Morgan fingerprint density at radius 1 is 1.16 bits per heavy atom. The summed E-state index contributed by atoms with van der Waals surface area (Å²) in [6.07, 6.45) is 7.03. The molecule has 0 atom stereocenters. The molecule has 0 bridgehead atoms. The van der Waals surface area contributed by atoms with Crippen LogP contribution >= 0.6 is 11.8 Å². The van der Waals surface area contributed by atoms with Gasteiger partial charge in [-0.1, -0.05) is 44.6 Å². The van der Waals surface area contributed by atoms with Gasteiger partial charge < -0.3 is 4.90 Å². The Balaban J connectivity index is 2.33. The van der Waals surface area contributed by atoms with E-state index in [0.717, 1.165) is 12.5 Å². The first-order valence-corrected chi connectivity index (χ1v) is 8.10. The van der Waals surface area contributed by atoms with Gasteiger partial charge in [0.1, 0.15) is 0 Å². The van der Waals surface area contributed by atoms with Crippen molar-refractivity contribution in [2.75, 3.05) is 26.4 Å². The van der Waals surface area contributed by atoms with E-state index in [9.17, 15) is 0 Å². The fraction of sp³-hybridized carbons (Fsp3) is 0.529. The van der Waals surface area contributed by atoms with E-state index in [-0.39, 0.29) is 0 Å². The van der Waals surface area contributed by atoms with Gasteiger partial charge in [0, 0.05) is 11.4 Å². The van der Waals surface area contributed by atoms with Crippen molar-refractivity contribution in [2.24, 2.45) is 5.92 Å². The zero-order chi connectivity index (χ0) is 14.1. The highest BCUT2D eigenvalue weighted by molar-refractivity contribution is 7.99. The van der Waals surface area contributed by atoms with E-state index in [0.29, 0.717) is 0 Å². The number of thioether (sulfide) groups is 1. The molecular formula is C17H27NS. The molecule has 2 heteroatoms. The van der Waals surface area contributed by atoms with Gasteiger partial charge in [0.15, 0.2) is 0 Å². The second-order valence-electron chi connectivity index (χ2n) is 5.62. The standard InChI is InChI=1S/C17H27NS/c1-15(2)7-6-14-19-17-11-9-16(10-12-17)8-5-13-18(3)4/h5,8-12,15H,6-7,13-14H2,1-4H3. The summed E-state index contributed by atoms with van der Waals surface area (Å²) in [6.45, 7) is 5.57. The summed E-state index contributed by atoms with van der Waals surface area (Å²) in [4.78, 5) is 3.55. The number of likely N-dealkylation sites (N-methyl/N-ethyl adjacent to an activating group) is 1. The van der Waals surface area contributed by atoms with E-state index in [1.165, 1.54) is 29.1 Å². The number of hydrogen-bond acceptors (Lipinski definition) is 2. The highest BCUT2D eigenvalue weighted by atomic mass is 32.2. The van der Waals surface area contributed by atoms with Crippen LogP contribution in [0.25, 0.3) is 6.08 Å². The van der Waals surface area contributed by atoms with Crippen molar-refractivity contribution in [2.45, 2.75) is 31.6 Å². The second-order valence-corrected chi connectivity index (χ2v) is 6.79. The van der Waals surface area contributed by atoms with Crippen LogP contribution in [-0.2, 0) is 0 Å². The molecule has 0 N–H and O–H groups in total. The van der Waals surface area contributed by atoms with Gasteiger partial charge in [-0.05, 0) is 49.9 Å². The third-order valence-electron chi connectivity index (χ3n) is 2.86. The van der Waals surface area contributed by atoms with E-state index < -0.39 is 0 Å². The van der Waals surface area contributed by atoms with Crippen LogP contribution in [0.4, 0.5) is 0 Å². The molecule has 0 spiro atoms. The molecule has 0 unspecified atom stereocenters. The fourth-order valence-electron chi connectivity index (χ4n) is 1.76. The lowest BCUT2D eigenvalue weighted by atomic mass is 10.1. The van der Waals surface area contributed by atoms with E-state index in [1.54, 1.807) is 0 Å². The van der Waals surface area contributed by atoms with Crippen LogP contribution in [0.3, 0.4) is 0 Å². The smallest absolute Gasteiger partial charge is 0.0160 e. The van der Waals surface area contributed by atoms with Crippen molar-refractivity contribution in [3.8, 4) is 0 Å². The first-order valence-electron chi connectivity index (χ1n) is 7.12. The predicted octanol–water partition coefficient (Wildman–Crippen LogP) is 4.79. The van der Waals surface area contributed by atoms with Crippen molar-refractivity contribution >= 4 is 17.8 Å². The average molecular weight is 277 g/mol. The van der Waals surface area contributed by atoms with Gasteiger partial charge in [0.25, 0.3) is 0 Å². The average Bonchev–Trinajstić information content (AvgIpc) is 2.36. The Bertz CT molecular complexity index is 365. The van der Waals surface area contributed by atoms with Gasteiger partial charge in [-0.15, -0.1) is 11.8 Å². The molecule has 19 heavy (non-hydrogen) atoms.